The molecule has 1 fully saturated rings. The minimum atomic E-state index is 0.0415. The standard InChI is InChI=1S/C16H22N6O/c1-11-7-18-22(9-11)12-3-2-6-21(10-12)16(23)15-13-8-17-5-4-14(13)19-20-15/h7,9,12,17H,2-6,8,10H2,1H3,(H,19,20). The SMILES string of the molecule is Cc1cnn(C2CCCN(C(=O)c3n[nH]c4c3CNCC4)C2)c1. The number of aryl methyl sites for hydroxylation is 1. The molecule has 0 radical (unpaired) electrons. The van der Waals surface area contributed by atoms with Gasteiger partial charge in [-0.25, -0.2) is 0 Å². The fraction of sp³-hybridized carbons (Fsp3) is 0.562. The maximum atomic E-state index is 12.9. The van der Waals surface area contributed by atoms with E-state index in [9.17, 15) is 4.79 Å². The lowest BCUT2D eigenvalue weighted by molar-refractivity contribution is 0.0665. The van der Waals surface area contributed by atoms with Crippen molar-refractivity contribution in [3.05, 3.63) is 34.9 Å². The molecule has 1 amide bonds. The van der Waals surface area contributed by atoms with Gasteiger partial charge in [0.25, 0.3) is 5.91 Å². The molecule has 0 aliphatic carbocycles. The van der Waals surface area contributed by atoms with Crippen LogP contribution in [0.3, 0.4) is 0 Å². The Balaban J connectivity index is 1.53. The van der Waals surface area contributed by atoms with Crippen molar-refractivity contribution in [3.63, 3.8) is 0 Å². The summed E-state index contributed by atoms with van der Waals surface area (Å²) in [5.74, 6) is 0.0415. The molecule has 2 aliphatic rings. The number of hydrogen-bond donors (Lipinski definition) is 2. The number of hydrogen-bond acceptors (Lipinski definition) is 4. The number of nitrogens with zero attached hydrogens (tertiary/aromatic N) is 4. The van der Waals surface area contributed by atoms with Crippen LogP contribution >= 0.6 is 0 Å². The first-order chi connectivity index (χ1) is 11.2. The van der Waals surface area contributed by atoms with Gasteiger partial charge in [-0.3, -0.25) is 14.6 Å². The molecule has 7 nitrogen and oxygen atoms in total. The number of aromatic nitrogens is 4. The van der Waals surface area contributed by atoms with Crippen molar-refractivity contribution in [2.45, 2.75) is 38.8 Å². The van der Waals surface area contributed by atoms with E-state index in [1.807, 2.05) is 22.7 Å². The van der Waals surface area contributed by atoms with E-state index in [4.69, 9.17) is 0 Å². The van der Waals surface area contributed by atoms with Crippen LogP contribution in [-0.4, -0.2) is 50.4 Å². The van der Waals surface area contributed by atoms with E-state index < -0.39 is 0 Å². The average Bonchev–Trinajstić information content (AvgIpc) is 3.20. The number of carbonyl (C=O) groups is 1. The molecule has 122 valence electrons. The number of fused-ring (bicyclic) bond motifs is 1. The Bertz CT molecular complexity index is 718. The van der Waals surface area contributed by atoms with E-state index in [0.29, 0.717) is 12.2 Å². The summed E-state index contributed by atoms with van der Waals surface area (Å²) in [7, 11) is 0. The molecule has 1 unspecified atom stereocenters. The largest absolute Gasteiger partial charge is 0.335 e. The highest BCUT2D eigenvalue weighted by Gasteiger charge is 2.30. The fourth-order valence-electron chi connectivity index (χ4n) is 3.54. The molecule has 23 heavy (non-hydrogen) atoms. The zero-order valence-corrected chi connectivity index (χ0v) is 13.4. The highest BCUT2D eigenvalue weighted by Crippen LogP contribution is 2.24. The lowest BCUT2D eigenvalue weighted by Gasteiger charge is -2.32. The Kier molecular flexibility index (Phi) is 3.65. The number of nitrogens with one attached hydrogen (secondary N) is 2. The molecule has 1 saturated heterocycles. The number of aromatic amines is 1. The Labute approximate surface area is 135 Å². The van der Waals surface area contributed by atoms with Crippen LogP contribution in [0.15, 0.2) is 12.4 Å². The van der Waals surface area contributed by atoms with Crippen LogP contribution in [0.5, 0.6) is 0 Å². The molecule has 2 aliphatic heterocycles. The third-order valence-electron chi connectivity index (χ3n) is 4.80. The van der Waals surface area contributed by atoms with Crippen molar-refractivity contribution >= 4 is 5.91 Å². The van der Waals surface area contributed by atoms with Gasteiger partial charge in [0.15, 0.2) is 5.69 Å². The summed E-state index contributed by atoms with van der Waals surface area (Å²) in [5, 5.41) is 15.1. The zero-order chi connectivity index (χ0) is 15.8. The van der Waals surface area contributed by atoms with Crippen LogP contribution in [0.2, 0.25) is 0 Å². The van der Waals surface area contributed by atoms with E-state index in [2.05, 4.69) is 26.8 Å². The van der Waals surface area contributed by atoms with Gasteiger partial charge in [-0.1, -0.05) is 0 Å². The van der Waals surface area contributed by atoms with Crippen LogP contribution in [-0.2, 0) is 13.0 Å². The van der Waals surface area contributed by atoms with Gasteiger partial charge >= 0.3 is 0 Å². The summed E-state index contributed by atoms with van der Waals surface area (Å²) in [6, 6.07) is 0.259. The molecule has 0 aromatic carbocycles. The van der Waals surface area contributed by atoms with Gasteiger partial charge in [0.1, 0.15) is 0 Å². The maximum Gasteiger partial charge on any atom is 0.274 e. The first-order valence-corrected chi connectivity index (χ1v) is 8.29. The van der Waals surface area contributed by atoms with Gasteiger partial charge in [0.05, 0.1) is 12.2 Å². The second-order valence-electron chi connectivity index (χ2n) is 6.50. The number of carbonyl (C=O) groups excluding carboxylic acids is 1. The van der Waals surface area contributed by atoms with E-state index in [0.717, 1.165) is 55.7 Å². The van der Waals surface area contributed by atoms with Gasteiger partial charge < -0.3 is 10.2 Å². The Morgan fingerprint density at radius 1 is 1.43 bits per heavy atom. The smallest absolute Gasteiger partial charge is 0.274 e. The summed E-state index contributed by atoms with van der Waals surface area (Å²) in [5.41, 5.74) is 3.88. The van der Waals surface area contributed by atoms with Crippen LogP contribution in [0, 0.1) is 6.92 Å². The molecule has 4 rings (SSSR count). The third-order valence-corrected chi connectivity index (χ3v) is 4.80. The molecule has 2 N–H and O–H groups in total. The second kappa shape index (κ2) is 5.81. The van der Waals surface area contributed by atoms with Crippen molar-refractivity contribution in [1.29, 1.82) is 0 Å². The Morgan fingerprint density at radius 2 is 2.35 bits per heavy atom. The van der Waals surface area contributed by atoms with Crippen LogP contribution in [0.4, 0.5) is 0 Å². The number of H-pyrrole nitrogens is 1. The van der Waals surface area contributed by atoms with Crippen molar-refractivity contribution in [2.75, 3.05) is 19.6 Å². The quantitative estimate of drug-likeness (QED) is 0.868. The Morgan fingerprint density at radius 3 is 3.17 bits per heavy atom. The minimum absolute atomic E-state index is 0.0415. The lowest BCUT2D eigenvalue weighted by Crippen LogP contribution is -2.41. The molecule has 1 atom stereocenters. The van der Waals surface area contributed by atoms with E-state index in [-0.39, 0.29) is 11.9 Å². The van der Waals surface area contributed by atoms with Crippen LogP contribution in [0.1, 0.15) is 46.2 Å². The highest BCUT2D eigenvalue weighted by atomic mass is 16.2. The average molecular weight is 314 g/mol. The monoisotopic (exact) mass is 314 g/mol. The predicted octanol–water partition coefficient (Wildman–Crippen LogP) is 1.04. The molecule has 0 spiro atoms. The van der Waals surface area contributed by atoms with Gasteiger partial charge in [-0.05, 0) is 25.3 Å². The molecule has 4 heterocycles. The van der Waals surface area contributed by atoms with Crippen molar-refractivity contribution in [3.8, 4) is 0 Å². The summed E-state index contributed by atoms with van der Waals surface area (Å²) < 4.78 is 2.00. The normalized spacial score (nSPS) is 21.3. The molecule has 0 bridgehead atoms. The molecular formula is C16H22N6O. The van der Waals surface area contributed by atoms with Crippen molar-refractivity contribution in [1.82, 2.24) is 30.2 Å². The molecular weight excluding hydrogens is 292 g/mol. The first-order valence-electron chi connectivity index (χ1n) is 8.29. The Hall–Kier alpha value is -2.15. The predicted molar refractivity (Wildman–Crippen MR) is 85.1 cm³/mol. The van der Waals surface area contributed by atoms with Crippen molar-refractivity contribution < 1.29 is 4.79 Å². The molecule has 2 aromatic rings. The number of piperidine rings is 1. The summed E-state index contributed by atoms with van der Waals surface area (Å²) in [4.78, 5) is 14.8. The van der Waals surface area contributed by atoms with E-state index in [1.54, 1.807) is 0 Å². The van der Waals surface area contributed by atoms with E-state index in [1.165, 1.54) is 0 Å². The highest BCUT2D eigenvalue weighted by molar-refractivity contribution is 5.94. The van der Waals surface area contributed by atoms with Crippen LogP contribution in [0.25, 0.3) is 0 Å². The van der Waals surface area contributed by atoms with E-state index >= 15 is 0 Å². The summed E-state index contributed by atoms with van der Waals surface area (Å²) >= 11 is 0. The third kappa shape index (κ3) is 2.65. The molecule has 2 aromatic heterocycles. The van der Waals surface area contributed by atoms with Gasteiger partial charge in [0.2, 0.25) is 0 Å². The first kappa shape index (κ1) is 14.4. The molecule has 0 saturated carbocycles. The summed E-state index contributed by atoms with van der Waals surface area (Å²) in [6.45, 7) is 5.20. The van der Waals surface area contributed by atoms with Gasteiger partial charge in [-0.15, -0.1) is 0 Å². The zero-order valence-electron chi connectivity index (χ0n) is 13.4. The topological polar surface area (TPSA) is 78.8 Å². The number of amides is 1. The molecule has 7 heteroatoms. The van der Waals surface area contributed by atoms with Gasteiger partial charge in [0, 0.05) is 50.1 Å². The maximum absolute atomic E-state index is 12.9. The number of likely N-dealkylation sites (tertiary alicyclic amines) is 1. The minimum Gasteiger partial charge on any atom is -0.335 e. The number of rotatable bonds is 2. The van der Waals surface area contributed by atoms with Crippen molar-refractivity contribution in [2.24, 2.45) is 0 Å². The second-order valence-corrected chi connectivity index (χ2v) is 6.50. The van der Waals surface area contributed by atoms with Gasteiger partial charge in [-0.2, -0.15) is 10.2 Å². The fourth-order valence-corrected chi connectivity index (χ4v) is 3.54. The summed E-state index contributed by atoms with van der Waals surface area (Å²) in [6.07, 6.45) is 6.89. The lowest BCUT2D eigenvalue weighted by atomic mass is 10.0. The van der Waals surface area contributed by atoms with Crippen LogP contribution < -0.4 is 5.32 Å².